The molecular formula is C14H24O. The number of aliphatic hydroxyl groups is 1. The van der Waals surface area contributed by atoms with Gasteiger partial charge in [0.15, 0.2) is 0 Å². The molecule has 0 aromatic rings. The molecule has 1 aliphatic carbocycles. The summed E-state index contributed by atoms with van der Waals surface area (Å²) >= 11 is 0. The molecule has 1 nitrogen and oxygen atoms in total. The molecule has 1 rings (SSSR count). The molecule has 0 fully saturated rings. The van der Waals surface area contributed by atoms with Gasteiger partial charge in [0.1, 0.15) is 0 Å². The smallest absolute Gasteiger partial charge is 0.0723 e. The van der Waals surface area contributed by atoms with Gasteiger partial charge in [-0.2, -0.15) is 0 Å². The second-order valence-corrected chi connectivity index (χ2v) is 5.24. The van der Waals surface area contributed by atoms with Crippen molar-refractivity contribution in [2.45, 2.75) is 59.5 Å². The van der Waals surface area contributed by atoms with Crippen LogP contribution < -0.4 is 0 Å². The Morgan fingerprint density at radius 1 is 1.47 bits per heavy atom. The van der Waals surface area contributed by atoms with Crippen LogP contribution in [-0.2, 0) is 0 Å². The molecule has 1 N–H and O–H groups in total. The Labute approximate surface area is 93.9 Å². The second kappa shape index (κ2) is 4.98. The summed E-state index contributed by atoms with van der Waals surface area (Å²) in [6.07, 6.45) is 7.95. The Kier molecular flexibility index (Phi) is 4.15. The first-order valence-electron chi connectivity index (χ1n) is 5.97. The van der Waals surface area contributed by atoms with Gasteiger partial charge in [0.05, 0.1) is 6.10 Å². The number of hydrogen-bond acceptors (Lipinski definition) is 1. The molecule has 1 atom stereocenters. The number of rotatable bonds is 4. The SMILES string of the molecule is CC=CC(O)CCC1=C(C)C(C)(C)CC1. The fourth-order valence-corrected chi connectivity index (χ4v) is 2.27. The standard InChI is InChI=1S/C14H24O/c1-5-6-13(15)8-7-12-9-10-14(3,4)11(12)2/h5-6,13,15H,7-10H2,1-4H3. The maximum absolute atomic E-state index is 9.62. The van der Waals surface area contributed by atoms with Crippen molar-refractivity contribution >= 4 is 0 Å². The molecule has 15 heavy (non-hydrogen) atoms. The van der Waals surface area contributed by atoms with Crippen LogP contribution in [-0.4, -0.2) is 11.2 Å². The van der Waals surface area contributed by atoms with Gasteiger partial charge in [-0.3, -0.25) is 0 Å². The largest absolute Gasteiger partial charge is 0.389 e. The molecule has 0 spiro atoms. The van der Waals surface area contributed by atoms with Crippen molar-refractivity contribution in [2.75, 3.05) is 0 Å². The zero-order valence-electron chi connectivity index (χ0n) is 10.5. The van der Waals surface area contributed by atoms with E-state index >= 15 is 0 Å². The van der Waals surface area contributed by atoms with Crippen molar-refractivity contribution < 1.29 is 5.11 Å². The lowest BCUT2D eigenvalue weighted by molar-refractivity contribution is 0.212. The molecule has 0 bridgehead atoms. The first kappa shape index (κ1) is 12.5. The van der Waals surface area contributed by atoms with Crippen LogP contribution in [0.15, 0.2) is 23.3 Å². The van der Waals surface area contributed by atoms with E-state index < -0.39 is 0 Å². The first-order valence-corrected chi connectivity index (χ1v) is 5.97. The summed E-state index contributed by atoms with van der Waals surface area (Å²) in [6.45, 7) is 8.84. The van der Waals surface area contributed by atoms with Gasteiger partial charge >= 0.3 is 0 Å². The van der Waals surface area contributed by atoms with E-state index in [1.165, 1.54) is 12.8 Å². The van der Waals surface area contributed by atoms with Crippen LogP contribution in [0.5, 0.6) is 0 Å². The molecular weight excluding hydrogens is 184 g/mol. The van der Waals surface area contributed by atoms with E-state index in [9.17, 15) is 5.11 Å². The van der Waals surface area contributed by atoms with E-state index in [1.54, 1.807) is 11.1 Å². The summed E-state index contributed by atoms with van der Waals surface area (Å²) in [6, 6.07) is 0. The summed E-state index contributed by atoms with van der Waals surface area (Å²) in [4.78, 5) is 0. The summed E-state index contributed by atoms with van der Waals surface area (Å²) in [5.41, 5.74) is 3.51. The van der Waals surface area contributed by atoms with Crippen LogP contribution in [0.1, 0.15) is 53.4 Å². The maximum atomic E-state index is 9.62. The highest BCUT2D eigenvalue weighted by Crippen LogP contribution is 2.43. The highest BCUT2D eigenvalue weighted by molar-refractivity contribution is 5.24. The van der Waals surface area contributed by atoms with Crippen molar-refractivity contribution in [3.05, 3.63) is 23.3 Å². The van der Waals surface area contributed by atoms with Crippen molar-refractivity contribution in [1.29, 1.82) is 0 Å². The first-order chi connectivity index (χ1) is 6.97. The van der Waals surface area contributed by atoms with Gasteiger partial charge in [0, 0.05) is 0 Å². The predicted molar refractivity (Wildman–Crippen MR) is 65.8 cm³/mol. The lowest BCUT2D eigenvalue weighted by Crippen LogP contribution is -2.07. The summed E-state index contributed by atoms with van der Waals surface area (Å²) < 4.78 is 0. The Bertz CT molecular complexity index is 271. The molecule has 0 saturated heterocycles. The molecule has 0 aromatic heterocycles. The van der Waals surface area contributed by atoms with E-state index in [-0.39, 0.29) is 6.10 Å². The lowest BCUT2D eigenvalue weighted by Gasteiger charge is -2.19. The Morgan fingerprint density at radius 3 is 2.60 bits per heavy atom. The molecule has 1 heteroatoms. The van der Waals surface area contributed by atoms with E-state index in [4.69, 9.17) is 0 Å². The van der Waals surface area contributed by atoms with Gasteiger partial charge in [-0.05, 0) is 44.9 Å². The van der Waals surface area contributed by atoms with Crippen LogP contribution in [0.25, 0.3) is 0 Å². The highest BCUT2D eigenvalue weighted by Gasteiger charge is 2.28. The van der Waals surface area contributed by atoms with Gasteiger partial charge < -0.3 is 5.11 Å². The summed E-state index contributed by atoms with van der Waals surface area (Å²) in [7, 11) is 0. The number of allylic oxidation sites excluding steroid dienone is 3. The molecule has 1 unspecified atom stereocenters. The van der Waals surface area contributed by atoms with Crippen LogP contribution in [0, 0.1) is 5.41 Å². The summed E-state index contributed by atoms with van der Waals surface area (Å²) in [5.74, 6) is 0. The molecule has 0 radical (unpaired) electrons. The lowest BCUT2D eigenvalue weighted by atomic mass is 9.86. The minimum absolute atomic E-state index is 0.265. The minimum atomic E-state index is -0.265. The third kappa shape index (κ3) is 3.20. The molecule has 0 saturated carbocycles. The second-order valence-electron chi connectivity index (χ2n) is 5.24. The molecule has 0 aromatic carbocycles. The number of aliphatic hydroxyl groups excluding tert-OH is 1. The quantitative estimate of drug-likeness (QED) is 0.696. The molecule has 0 aliphatic heterocycles. The van der Waals surface area contributed by atoms with Crippen LogP contribution in [0.4, 0.5) is 0 Å². The van der Waals surface area contributed by atoms with Gasteiger partial charge in [0.2, 0.25) is 0 Å². The maximum Gasteiger partial charge on any atom is 0.0723 e. The monoisotopic (exact) mass is 208 g/mol. The fourth-order valence-electron chi connectivity index (χ4n) is 2.27. The van der Waals surface area contributed by atoms with Crippen LogP contribution in [0.2, 0.25) is 0 Å². The van der Waals surface area contributed by atoms with Crippen molar-refractivity contribution in [2.24, 2.45) is 5.41 Å². The van der Waals surface area contributed by atoms with Gasteiger partial charge in [-0.15, -0.1) is 0 Å². The van der Waals surface area contributed by atoms with Gasteiger partial charge in [-0.1, -0.05) is 37.1 Å². The molecule has 0 heterocycles. The van der Waals surface area contributed by atoms with Crippen LogP contribution >= 0.6 is 0 Å². The summed E-state index contributed by atoms with van der Waals surface area (Å²) in [5, 5.41) is 9.62. The number of hydrogen-bond donors (Lipinski definition) is 1. The van der Waals surface area contributed by atoms with Crippen molar-refractivity contribution in [1.82, 2.24) is 0 Å². The zero-order chi connectivity index (χ0) is 11.5. The highest BCUT2D eigenvalue weighted by atomic mass is 16.3. The van der Waals surface area contributed by atoms with Gasteiger partial charge in [-0.25, -0.2) is 0 Å². The Morgan fingerprint density at radius 2 is 2.13 bits per heavy atom. The third-order valence-corrected chi connectivity index (χ3v) is 3.75. The normalized spacial score (nSPS) is 22.7. The van der Waals surface area contributed by atoms with E-state index in [2.05, 4.69) is 20.8 Å². The molecule has 0 amide bonds. The fraction of sp³-hybridized carbons (Fsp3) is 0.714. The Balaban J connectivity index is 2.50. The third-order valence-electron chi connectivity index (χ3n) is 3.75. The predicted octanol–water partition coefficient (Wildman–Crippen LogP) is 3.84. The molecule has 1 aliphatic rings. The minimum Gasteiger partial charge on any atom is -0.389 e. The van der Waals surface area contributed by atoms with E-state index in [1.807, 2.05) is 19.1 Å². The average Bonchev–Trinajstić information content (AvgIpc) is 2.41. The topological polar surface area (TPSA) is 20.2 Å². The Hall–Kier alpha value is -0.560. The van der Waals surface area contributed by atoms with Gasteiger partial charge in [0.25, 0.3) is 0 Å². The van der Waals surface area contributed by atoms with E-state index in [0.29, 0.717) is 5.41 Å². The van der Waals surface area contributed by atoms with Crippen LogP contribution in [0.3, 0.4) is 0 Å². The van der Waals surface area contributed by atoms with Crippen molar-refractivity contribution in [3.63, 3.8) is 0 Å². The average molecular weight is 208 g/mol. The molecule has 86 valence electrons. The zero-order valence-corrected chi connectivity index (χ0v) is 10.5. The van der Waals surface area contributed by atoms with E-state index in [0.717, 1.165) is 12.8 Å². The van der Waals surface area contributed by atoms with Crippen molar-refractivity contribution in [3.8, 4) is 0 Å².